The number of anilines is 1. The molecule has 3 aromatic heterocycles. The molecule has 3 rings (SSSR count). The molecule has 2 N–H and O–H groups in total. The molecular formula is C13H11N3OS. The van der Waals surface area contributed by atoms with Gasteiger partial charge >= 0.3 is 0 Å². The fourth-order valence-corrected chi connectivity index (χ4v) is 2.92. The van der Waals surface area contributed by atoms with E-state index in [1.165, 1.54) is 10.4 Å². The van der Waals surface area contributed by atoms with Gasteiger partial charge in [0.05, 0.1) is 0 Å². The molecule has 0 aliphatic carbocycles. The number of hydrogen-bond acceptors (Lipinski definition) is 4. The molecule has 0 radical (unpaired) electrons. The van der Waals surface area contributed by atoms with Crippen molar-refractivity contribution in [3.05, 3.63) is 41.0 Å². The molecule has 0 bridgehead atoms. The standard InChI is InChI=1S/C13H11N3OS/c1-8-4-5-18-12(8)9-2-3-11-15-13(14)10(7-17)16(11)6-9/h2-7H,14H2,1H3. The van der Waals surface area contributed by atoms with Gasteiger partial charge in [-0.25, -0.2) is 4.98 Å². The molecule has 0 fully saturated rings. The first kappa shape index (κ1) is 11.0. The number of hydrogen-bond donors (Lipinski definition) is 1. The van der Waals surface area contributed by atoms with Gasteiger partial charge in [0.2, 0.25) is 0 Å². The van der Waals surface area contributed by atoms with Gasteiger partial charge in [0.15, 0.2) is 12.1 Å². The van der Waals surface area contributed by atoms with Crippen molar-refractivity contribution in [3.63, 3.8) is 0 Å². The lowest BCUT2D eigenvalue weighted by atomic mass is 10.2. The van der Waals surface area contributed by atoms with Crippen LogP contribution in [0.2, 0.25) is 0 Å². The van der Waals surface area contributed by atoms with E-state index in [0.717, 1.165) is 11.8 Å². The topological polar surface area (TPSA) is 60.4 Å². The normalized spacial score (nSPS) is 10.9. The van der Waals surface area contributed by atoms with E-state index in [4.69, 9.17) is 5.73 Å². The van der Waals surface area contributed by atoms with Crippen molar-refractivity contribution in [1.29, 1.82) is 0 Å². The van der Waals surface area contributed by atoms with Crippen LogP contribution >= 0.6 is 11.3 Å². The second-order valence-electron chi connectivity index (χ2n) is 4.08. The van der Waals surface area contributed by atoms with Crippen LogP contribution in [0, 0.1) is 6.92 Å². The average molecular weight is 257 g/mol. The van der Waals surface area contributed by atoms with Crippen LogP contribution in [0.1, 0.15) is 16.1 Å². The number of thiophene rings is 1. The Kier molecular flexibility index (Phi) is 2.41. The van der Waals surface area contributed by atoms with E-state index in [-0.39, 0.29) is 5.82 Å². The van der Waals surface area contributed by atoms with E-state index in [9.17, 15) is 4.79 Å². The number of rotatable bonds is 2. The maximum absolute atomic E-state index is 11.0. The molecule has 0 aliphatic rings. The number of fused-ring (bicyclic) bond motifs is 1. The molecular weight excluding hydrogens is 246 g/mol. The van der Waals surface area contributed by atoms with Crippen LogP contribution in [0.3, 0.4) is 0 Å². The third-order valence-electron chi connectivity index (χ3n) is 2.92. The largest absolute Gasteiger partial charge is 0.382 e. The molecule has 5 heteroatoms. The minimum Gasteiger partial charge on any atom is -0.382 e. The van der Waals surface area contributed by atoms with Crippen LogP contribution in [0.5, 0.6) is 0 Å². The van der Waals surface area contributed by atoms with Gasteiger partial charge in [0.1, 0.15) is 11.3 Å². The van der Waals surface area contributed by atoms with Crippen LogP contribution in [0.4, 0.5) is 5.82 Å². The highest BCUT2D eigenvalue weighted by atomic mass is 32.1. The summed E-state index contributed by atoms with van der Waals surface area (Å²) in [5.41, 5.74) is 9.08. The van der Waals surface area contributed by atoms with Gasteiger partial charge in [-0.1, -0.05) is 0 Å². The third kappa shape index (κ3) is 1.52. The summed E-state index contributed by atoms with van der Waals surface area (Å²) in [6.07, 6.45) is 2.64. The van der Waals surface area contributed by atoms with E-state index in [1.807, 2.05) is 18.3 Å². The van der Waals surface area contributed by atoms with Gasteiger partial charge < -0.3 is 5.73 Å². The maximum Gasteiger partial charge on any atom is 0.170 e. The number of imidazole rings is 1. The summed E-state index contributed by atoms with van der Waals surface area (Å²) in [7, 11) is 0. The number of nitrogen functional groups attached to an aromatic ring is 1. The molecule has 0 aliphatic heterocycles. The molecule has 0 saturated heterocycles. The van der Waals surface area contributed by atoms with Crippen molar-refractivity contribution in [3.8, 4) is 10.4 Å². The predicted octanol–water partition coefficient (Wildman–Crippen LogP) is 2.77. The first-order valence-corrected chi connectivity index (χ1v) is 6.36. The number of nitrogens with zero attached hydrogens (tertiary/aromatic N) is 2. The number of carbonyl (C=O) groups excluding carboxylic acids is 1. The Labute approximate surface area is 108 Å². The van der Waals surface area contributed by atoms with Crippen LogP contribution < -0.4 is 5.73 Å². The molecule has 3 aromatic rings. The van der Waals surface area contributed by atoms with Crippen LogP contribution in [-0.4, -0.2) is 15.7 Å². The number of pyridine rings is 1. The molecule has 0 unspecified atom stereocenters. The van der Waals surface area contributed by atoms with Gasteiger partial charge in [-0.05, 0) is 36.1 Å². The van der Waals surface area contributed by atoms with Crippen LogP contribution in [-0.2, 0) is 0 Å². The fraction of sp³-hybridized carbons (Fsp3) is 0.0769. The molecule has 90 valence electrons. The Hall–Kier alpha value is -2.14. The first-order chi connectivity index (χ1) is 8.70. The maximum atomic E-state index is 11.0. The molecule has 0 atom stereocenters. The Morgan fingerprint density at radius 1 is 1.39 bits per heavy atom. The van der Waals surface area contributed by atoms with Crippen molar-refractivity contribution < 1.29 is 4.79 Å². The average Bonchev–Trinajstić information content (AvgIpc) is 2.90. The SMILES string of the molecule is Cc1ccsc1-c1ccc2nc(N)c(C=O)n2c1. The Balaban J connectivity index is 2.28. The quantitative estimate of drug-likeness (QED) is 0.718. The highest BCUT2D eigenvalue weighted by molar-refractivity contribution is 7.13. The number of nitrogens with two attached hydrogens (primary N) is 1. The summed E-state index contributed by atoms with van der Waals surface area (Å²) in [5, 5.41) is 2.05. The Morgan fingerprint density at radius 3 is 2.89 bits per heavy atom. The number of carbonyl (C=O) groups is 1. The molecule has 0 saturated carbocycles. The lowest BCUT2D eigenvalue weighted by Gasteiger charge is -2.02. The smallest absolute Gasteiger partial charge is 0.170 e. The zero-order valence-corrected chi connectivity index (χ0v) is 10.6. The second kappa shape index (κ2) is 3.96. The summed E-state index contributed by atoms with van der Waals surface area (Å²) in [4.78, 5) is 16.4. The van der Waals surface area contributed by atoms with E-state index < -0.39 is 0 Å². The molecule has 0 spiro atoms. The summed E-state index contributed by atoms with van der Waals surface area (Å²) in [5.74, 6) is 0.269. The van der Waals surface area contributed by atoms with Crippen molar-refractivity contribution in [1.82, 2.24) is 9.38 Å². The fourth-order valence-electron chi connectivity index (χ4n) is 2.00. The highest BCUT2D eigenvalue weighted by Gasteiger charge is 2.10. The minimum absolute atomic E-state index is 0.269. The summed E-state index contributed by atoms with van der Waals surface area (Å²) >= 11 is 1.68. The predicted molar refractivity (Wildman–Crippen MR) is 73.0 cm³/mol. The van der Waals surface area contributed by atoms with Crippen LogP contribution in [0.15, 0.2) is 29.8 Å². The summed E-state index contributed by atoms with van der Waals surface area (Å²) < 4.78 is 1.73. The van der Waals surface area contributed by atoms with Gasteiger partial charge in [0, 0.05) is 16.6 Å². The monoisotopic (exact) mass is 257 g/mol. The molecule has 3 heterocycles. The zero-order valence-electron chi connectivity index (χ0n) is 9.75. The van der Waals surface area contributed by atoms with Gasteiger partial charge in [0.25, 0.3) is 0 Å². The van der Waals surface area contributed by atoms with Crippen molar-refractivity contribution >= 4 is 29.1 Å². The Morgan fingerprint density at radius 2 is 2.22 bits per heavy atom. The number of aromatic nitrogens is 2. The molecule has 4 nitrogen and oxygen atoms in total. The lowest BCUT2D eigenvalue weighted by Crippen LogP contribution is -1.95. The van der Waals surface area contributed by atoms with Crippen molar-refractivity contribution in [2.75, 3.05) is 5.73 Å². The van der Waals surface area contributed by atoms with E-state index in [0.29, 0.717) is 11.3 Å². The van der Waals surface area contributed by atoms with E-state index in [1.54, 1.807) is 15.7 Å². The number of aldehydes is 1. The minimum atomic E-state index is 0.269. The van der Waals surface area contributed by atoms with Gasteiger partial charge in [-0.15, -0.1) is 11.3 Å². The second-order valence-corrected chi connectivity index (χ2v) is 4.99. The third-order valence-corrected chi connectivity index (χ3v) is 3.99. The Bertz CT molecular complexity index is 742. The van der Waals surface area contributed by atoms with E-state index in [2.05, 4.69) is 23.4 Å². The van der Waals surface area contributed by atoms with Gasteiger partial charge in [-0.2, -0.15) is 0 Å². The first-order valence-electron chi connectivity index (χ1n) is 5.48. The van der Waals surface area contributed by atoms with Crippen molar-refractivity contribution in [2.24, 2.45) is 0 Å². The van der Waals surface area contributed by atoms with Crippen LogP contribution in [0.25, 0.3) is 16.1 Å². The highest BCUT2D eigenvalue weighted by Crippen LogP contribution is 2.29. The lowest BCUT2D eigenvalue weighted by molar-refractivity contribution is 0.111. The molecule has 0 aromatic carbocycles. The van der Waals surface area contributed by atoms with E-state index >= 15 is 0 Å². The van der Waals surface area contributed by atoms with Gasteiger partial charge in [-0.3, -0.25) is 9.20 Å². The summed E-state index contributed by atoms with van der Waals surface area (Å²) in [6.45, 7) is 2.07. The molecule has 0 amide bonds. The molecule has 18 heavy (non-hydrogen) atoms. The summed E-state index contributed by atoms with van der Waals surface area (Å²) in [6, 6.07) is 5.94. The zero-order chi connectivity index (χ0) is 12.7. The number of aryl methyl sites for hydroxylation is 1. The van der Waals surface area contributed by atoms with Crippen molar-refractivity contribution in [2.45, 2.75) is 6.92 Å².